The Morgan fingerprint density at radius 1 is 1.19 bits per heavy atom. The number of nitrogens with one attached hydrogen (secondary N) is 1. The van der Waals surface area contributed by atoms with E-state index >= 15 is 0 Å². The Morgan fingerprint density at radius 3 is 2.50 bits per heavy atom. The van der Waals surface area contributed by atoms with Gasteiger partial charge in [0.1, 0.15) is 0 Å². The highest BCUT2D eigenvalue weighted by molar-refractivity contribution is 7.89. The van der Waals surface area contributed by atoms with Gasteiger partial charge >= 0.3 is 0 Å². The van der Waals surface area contributed by atoms with Crippen molar-refractivity contribution in [3.63, 3.8) is 0 Å². The summed E-state index contributed by atoms with van der Waals surface area (Å²) in [5, 5.41) is 2.99. The largest absolute Gasteiger partial charge is 0.348 e. The molecule has 0 aliphatic rings. The fourth-order valence-electron chi connectivity index (χ4n) is 2.38. The van der Waals surface area contributed by atoms with E-state index in [1.165, 1.54) is 29.6 Å². The van der Waals surface area contributed by atoms with E-state index in [-0.39, 0.29) is 21.5 Å². The Bertz CT molecular complexity index is 911. The predicted molar refractivity (Wildman–Crippen MR) is 104 cm³/mol. The minimum Gasteiger partial charge on any atom is -0.348 e. The Labute approximate surface area is 160 Å². The Morgan fingerprint density at radius 2 is 1.88 bits per heavy atom. The summed E-state index contributed by atoms with van der Waals surface area (Å²) in [7, 11) is -2.18. The van der Waals surface area contributed by atoms with Crippen molar-refractivity contribution in [1.29, 1.82) is 0 Å². The van der Waals surface area contributed by atoms with Gasteiger partial charge in [-0.05, 0) is 44.5 Å². The highest BCUT2D eigenvalue weighted by Gasteiger charge is 2.25. The lowest BCUT2D eigenvalue weighted by molar-refractivity contribution is 0.0951. The standard InChI is InChI=1S/C19H23ClN2O3S/c1-13(2)22(4)26(24,25)16-8-9-18(20)17(11-16)19(23)21-12-15-7-5-6-14(3)10-15/h5-11,13H,12H2,1-4H3,(H,21,23). The number of hydrogen-bond donors (Lipinski definition) is 1. The van der Waals surface area contributed by atoms with Crippen LogP contribution in [0.4, 0.5) is 0 Å². The molecule has 5 nitrogen and oxygen atoms in total. The average molecular weight is 395 g/mol. The van der Waals surface area contributed by atoms with Crippen molar-refractivity contribution in [3.8, 4) is 0 Å². The van der Waals surface area contributed by atoms with Crippen molar-refractivity contribution in [1.82, 2.24) is 9.62 Å². The molecule has 26 heavy (non-hydrogen) atoms. The molecule has 0 aliphatic carbocycles. The molecule has 0 heterocycles. The number of sulfonamides is 1. The molecule has 0 saturated carbocycles. The maximum Gasteiger partial charge on any atom is 0.253 e. The molecule has 0 fully saturated rings. The van der Waals surface area contributed by atoms with Crippen LogP contribution >= 0.6 is 11.6 Å². The molecule has 0 aliphatic heterocycles. The molecular weight excluding hydrogens is 372 g/mol. The van der Waals surface area contributed by atoms with E-state index in [4.69, 9.17) is 11.6 Å². The van der Waals surface area contributed by atoms with Gasteiger partial charge in [0.2, 0.25) is 10.0 Å². The molecule has 0 spiro atoms. The van der Waals surface area contributed by atoms with E-state index in [9.17, 15) is 13.2 Å². The zero-order valence-electron chi connectivity index (χ0n) is 15.3. The van der Waals surface area contributed by atoms with Crippen molar-refractivity contribution in [2.24, 2.45) is 0 Å². The molecule has 0 bridgehead atoms. The minimum atomic E-state index is -3.69. The van der Waals surface area contributed by atoms with Crippen LogP contribution in [0.2, 0.25) is 5.02 Å². The smallest absolute Gasteiger partial charge is 0.253 e. The van der Waals surface area contributed by atoms with Gasteiger partial charge in [-0.15, -0.1) is 0 Å². The third kappa shape index (κ3) is 4.63. The highest BCUT2D eigenvalue weighted by atomic mass is 35.5. The number of carbonyl (C=O) groups excluding carboxylic acids is 1. The van der Waals surface area contributed by atoms with E-state index in [0.29, 0.717) is 6.54 Å². The second-order valence-corrected chi connectivity index (χ2v) is 8.83. The van der Waals surface area contributed by atoms with Crippen molar-refractivity contribution in [3.05, 3.63) is 64.2 Å². The summed E-state index contributed by atoms with van der Waals surface area (Å²) in [6.07, 6.45) is 0. The quantitative estimate of drug-likeness (QED) is 0.813. The second kappa shape index (κ2) is 8.20. The molecule has 7 heteroatoms. The van der Waals surface area contributed by atoms with Crippen LogP contribution in [0.5, 0.6) is 0 Å². The zero-order chi connectivity index (χ0) is 19.5. The number of rotatable bonds is 6. The van der Waals surface area contributed by atoms with Crippen molar-refractivity contribution < 1.29 is 13.2 Å². The van der Waals surface area contributed by atoms with Crippen molar-refractivity contribution in [2.75, 3.05) is 7.05 Å². The van der Waals surface area contributed by atoms with Gasteiger partial charge in [-0.3, -0.25) is 4.79 Å². The van der Waals surface area contributed by atoms with Crippen LogP contribution < -0.4 is 5.32 Å². The minimum absolute atomic E-state index is 0.0406. The van der Waals surface area contributed by atoms with Gasteiger partial charge in [-0.1, -0.05) is 41.4 Å². The van der Waals surface area contributed by atoms with Gasteiger partial charge in [0, 0.05) is 19.6 Å². The van der Waals surface area contributed by atoms with Crippen LogP contribution in [0, 0.1) is 6.92 Å². The Hall–Kier alpha value is -1.89. The lowest BCUT2D eigenvalue weighted by Gasteiger charge is -2.21. The van der Waals surface area contributed by atoms with Crippen LogP contribution in [-0.2, 0) is 16.6 Å². The Balaban J connectivity index is 2.25. The van der Waals surface area contributed by atoms with Crippen LogP contribution in [0.15, 0.2) is 47.4 Å². The molecule has 0 saturated heterocycles. The van der Waals surface area contributed by atoms with Crippen LogP contribution in [0.1, 0.15) is 35.3 Å². The number of aryl methyl sites for hydroxylation is 1. The molecule has 2 aromatic rings. The van der Waals surface area contributed by atoms with E-state index in [0.717, 1.165) is 11.1 Å². The molecule has 1 N–H and O–H groups in total. The van der Waals surface area contributed by atoms with Crippen LogP contribution in [0.3, 0.4) is 0 Å². The number of hydrogen-bond acceptors (Lipinski definition) is 3. The summed E-state index contributed by atoms with van der Waals surface area (Å²) in [6.45, 7) is 5.87. The van der Waals surface area contributed by atoms with E-state index < -0.39 is 15.9 Å². The summed E-state index contributed by atoms with van der Waals surface area (Å²) >= 11 is 6.12. The molecule has 0 radical (unpaired) electrons. The van der Waals surface area contributed by atoms with Gasteiger partial charge in [0.15, 0.2) is 0 Å². The zero-order valence-corrected chi connectivity index (χ0v) is 16.9. The summed E-state index contributed by atoms with van der Waals surface area (Å²) < 4.78 is 26.5. The van der Waals surface area contributed by atoms with Gasteiger partial charge in [-0.25, -0.2) is 8.42 Å². The third-order valence-corrected chi connectivity index (χ3v) is 6.48. The van der Waals surface area contributed by atoms with Gasteiger partial charge in [0.25, 0.3) is 5.91 Å². The highest BCUT2D eigenvalue weighted by Crippen LogP contribution is 2.23. The first-order chi connectivity index (χ1) is 12.1. The molecule has 1 amide bonds. The van der Waals surface area contributed by atoms with Gasteiger partial charge in [-0.2, -0.15) is 4.31 Å². The SMILES string of the molecule is Cc1cccc(CNC(=O)c2cc(S(=O)(=O)N(C)C(C)C)ccc2Cl)c1. The maximum atomic E-state index is 12.6. The summed E-state index contributed by atoms with van der Waals surface area (Å²) in [5.41, 5.74) is 2.19. The van der Waals surface area contributed by atoms with Crippen molar-refractivity contribution in [2.45, 2.75) is 38.3 Å². The summed E-state index contributed by atoms with van der Waals surface area (Å²) in [5.74, 6) is -0.416. The van der Waals surface area contributed by atoms with Gasteiger partial charge in [0.05, 0.1) is 15.5 Å². The first kappa shape index (κ1) is 20.4. The molecule has 2 aromatic carbocycles. The van der Waals surface area contributed by atoms with Crippen molar-refractivity contribution >= 4 is 27.5 Å². The third-order valence-electron chi connectivity index (χ3n) is 4.12. The normalized spacial score (nSPS) is 11.8. The molecule has 140 valence electrons. The van der Waals surface area contributed by atoms with Crippen LogP contribution in [0.25, 0.3) is 0 Å². The number of amides is 1. The maximum absolute atomic E-state index is 12.6. The molecule has 0 unspecified atom stereocenters. The van der Waals surface area contributed by atoms with E-state index in [1.807, 2.05) is 31.2 Å². The molecule has 2 rings (SSSR count). The lowest BCUT2D eigenvalue weighted by Crippen LogP contribution is -2.33. The second-order valence-electron chi connectivity index (χ2n) is 6.43. The first-order valence-corrected chi connectivity index (χ1v) is 10.1. The number of carbonyl (C=O) groups is 1. The molecular formula is C19H23ClN2O3S. The van der Waals surface area contributed by atoms with E-state index in [1.54, 1.807) is 13.8 Å². The average Bonchev–Trinajstić information content (AvgIpc) is 2.59. The topological polar surface area (TPSA) is 66.5 Å². The summed E-state index contributed by atoms with van der Waals surface area (Å²) in [4.78, 5) is 12.5. The molecule has 0 aromatic heterocycles. The van der Waals surface area contributed by atoms with Crippen LogP contribution in [-0.4, -0.2) is 31.7 Å². The summed E-state index contributed by atoms with van der Waals surface area (Å²) in [6, 6.07) is 11.7. The monoisotopic (exact) mass is 394 g/mol. The lowest BCUT2D eigenvalue weighted by atomic mass is 10.1. The van der Waals surface area contributed by atoms with Gasteiger partial charge < -0.3 is 5.32 Å². The fourth-order valence-corrected chi connectivity index (χ4v) is 3.98. The fraction of sp³-hybridized carbons (Fsp3) is 0.316. The number of halogens is 1. The number of nitrogens with zero attached hydrogens (tertiary/aromatic N) is 1. The van der Waals surface area contributed by atoms with E-state index in [2.05, 4.69) is 5.32 Å². The molecule has 0 atom stereocenters. The predicted octanol–water partition coefficient (Wildman–Crippen LogP) is 3.61. The first-order valence-electron chi connectivity index (χ1n) is 8.24. The Kier molecular flexibility index (Phi) is 6.44. The number of benzene rings is 2.